The summed E-state index contributed by atoms with van der Waals surface area (Å²) in [5.41, 5.74) is 1.38. The molecule has 3 rings (SSSR count). The third-order valence-corrected chi connectivity index (χ3v) is 5.99. The lowest BCUT2D eigenvalue weighted by molar-refractivity contribution is -0.140. The normalized spacial score (nSPS) is 18.4. The van der Waals surface area contributed by atoms with Crippen LogP contribution in [0.25, 0.3) is 0 Å². The lowest BCUT2D eigenvalue weighted by Crippen LogP contribution is -2.26. The molecule has 1 saturated carbocycles. The molecular weight excluding hydrogens is 393 g/mol. The van der Waals surface area contributed by atoms with Gasteiger partial charge in [-0.25, -0.2) is 14.4 Å². The van der Waals surface area contributed by atoms with Gasteiger partial charge in [-0.1, -0.05) is 32.6 Å². The number of aryl methyl sites for hydroxylation is 1. The van der Waals surface area contributed by atoms with Gasteiger partial charge in [0.15, 0.2) is 11.6 Å². The highest BCUT2D eigenvalue weighted by molar-refractivity contribution is 5.75. The zero-order valence-electron chi connectivity index (χ0n) is 18.1. The smallest absolute Gasteiger partial charge is 0.314 e. The summed E-state index contributed by atoms with van der Waals surface area (Å²) in [5, 5.41) is 8.80. The Hall–Kier alpha value is -2.81. The number of nitrogens with zero attached hydrogens (tertiary/aromatic N) is 3. The van der Waals surface area contributed by atoms with Gasteiger partial charge in [-0.15, -0.1) is 0 Å². The Bertz CT molecular complexity index is 900. The molecule has 164 valence electrons. The second kappa shape index (κ2) is 11.5. The topological polar surface area (TPSA) is 75.9 Å². The number of rotatable bonds is 9. The molecule has 0 radical (unpaired) electrons. The summed E-state index contributed by atoms with van der Waals surface area (Å²) >= 11 is 0. The Kier molecular flexibility index (Phi) is 8.52. The number of carbonyl (C=O) groups excluding carboxylic acids is 1. The molecular formula is C25H30FN3O2. The van der Waals surface area contributed by atoms with Gasteiger partial charge in [0.2, 0.25) is 0 Å². The van der Waals surface area contributed by atoms with E-state index < -0.39 is 11.8 Å². The molecule has 0 atom stereocenters. The molecule has 0 amide bonds. The zero-order valence-corrected chi connectivity index (χ0v) is 18.1. The third kappa shape index (κ3) is 6.58. The molecule has 1 aliphatic carbocycles. The Morgan fingerprint density at radius 1 is 1.13 bits per heavy atom. The number of hydrogen-bond donors (Lipinski definition) is 0. The molecule has 1 aliphatic rings. The molecule has 1 heterocycles. The third-order valence-electron chi connectivity index (χ3n) is 5.99. The zero-order chi connectivity index (χ0) is 22.1. The van der Waals surface area contributed by atoms with Crippen molar-refractivity contribution in [3.05, 3.63) is 53.4 Å². The van der Waals surface area contributed by atoms with E-state index in [0.29, 0.717) is 12.8 Å². The first-order valence-electron chi connectivity index (χ1n) is 11.3. The maximum Gasteiger partial charge on any atom is 0.314 e. The first-order valence-corrected chi connectivity index (χ1v) is 11.3. The Morgan fingerprint density at radius 2 is 1.84 bits per heavy atom. The molecule has 5 nitrogen and oxygen atoms in total. The van der Waals surface area contributed by atoms with Gasteiger partial charge in [0.05, 0.1) is 17.6 Å². The predicted molar refractivity (Wildman–Crippen MR) is 116 cm³/mol. The molecule has 6 heteroatoms. The van der Waals surface area contributed by atoms with Gasteiger partial charge >= 0.3 is 5.97 Å². The van der Waals surface area contributed by atoms with Crippen molar-refractivity contribution < 1.29 is 13.9 Å². The van der Waals surface area contributed by atoms with Gasteiger partial charge in [0, 0.05) is 18.3 Å². The molecule has 0 N–H and O–H groups in total. The minimum absolute atomic E-state index is 0.125. The standard InChI is InChI=1S/C25H30FN3O2/c1-2-3-4-5-6-7-19-16-28-24(29-17-19)20-9-11-21(12-10-20)25(30)31-23-13-8-18(15-27)14-22(23)26/h8,13-14,16-17,20-21H,2-7,9-12H2,1H3. The van der Waals surface area contributed by atoms with Gasteiger partial charge < -0.3 is 4.74 Å². The Balaban J connectivity index is 1.45. The summed E-state index contributed by atoms with van der Waals surface area (Å²) in [6, 6.07) is 5.70. The number of benzene rings is 1. The highest BCUT2D eigenvalue weighted by Crippen LogP contribution is 2.35. The van der Waals surface area contributed by atoms with E-state index >= 15 is 0 Å². The molecule has 0 unspecified atom stereocenters. The summed E-state index contributed by atoms with van der Waals surface area (Å²) in [6.45, 7) is 2.22. The van der Waals surface area contributed by atoms with Crippen molar-refractivity contribution in [1.29, 1.82) is 5.26 Å². The molecule has 0 aliphatic heterocycles. The minimum atomic E-state index is -0.695. The monoisotopic (exact) mass is 423 g/mol. The van der Waals surface area contributed by atoms with Gasteiger partial charge in [0.1, 0.15) is 5.82 Å². The molecule has 1 aromatic carbocycles. The van der Waals surface area contributed by atoms with Crippen LogP contribution >= 0.6 is 0 Å². The molecule has 2 aromatic rings. The fraction of sp³-hybridized carbons (Fsp3) is 0.520. The molecule has 1 fully saturated rings. The number of esters is 1. The highest BCUT2D eigenvalue weighted by atomic mass is 19.1. The van der Waals surface area contributed by atoms with Gasteiger partial charge in [-0.2, -0.15) is 5.26 Å². The van der Waals surface area contributed by atoms with Crippen LogP contribution in [0.15, 0.2) is 30.6 Å². The molecule has 0 saturated heterocycles. The molecule has 0 spiro atoms. The fourth-order valence-electron chi connectivity index (χ4n) is 4.07. The van der Waals surface area contributed by atoms with Crippen molar-refractivity contribution in [3.63, 3.8) is 0 Å². The van der Waals surface area contributed by atoms with Crippen molar-refractivity contribution in [3.8, 4) is 11.8 Å². The maximum absolute atomic E-state index is 14.0. The number of hydrogen-bond acceptors (Lipinski definition) is 5. The summed E-state index contributed by atoms with van der Waals surface area (Å²) in [7, 11) is 0. The van der Waals surface area contributed by atoms with Crippen molar-refractivity contribution in [1.82, 2.24) is 9.97 Å². The first kappa shape index (κ1) is 22.9. The van der Waals surface area contributed by atoms with Gasteiger partial charge in [-0.05, 0) is 62.3 Å². The lowest BCUT2D eigenvalue weighted by Gasteiger charge is -2.26. The van der Waals surface area contributed by atoms with Crippen LogP contribution in [0.5, 0.6) is 5.75 Å². The summed E-state index contributed by atoms with van der Waals surface area (Å²) in [6.07, 6.45) is 14.1. The van der Waals surface area contributed by atoms with E-state index in [2.05, 4.69) is 16.9 Å². The van der Waals surface area contributed by atoms with E-state index in [1.165, 1.54) is 49.8 Å². The Labute approximate surface area is 183 Å². The maximum atomic E-state index is 14.0. The average molecular weight is 424 g/mol. The summed E-state index contributed by atoms with van der Waals surface area (Å²) < 4.78 is 19.2. The van der Waals surface area contributed by atoms with E-state index in [1.807, 2.05) is 18.5 Å². The Morgan fingerprint density at radius 3 is 2.48 bits per heavy atom. The van der Waals surface area contributed by atoms with Crippen LogP contribution in [0.4, 0.5) is 4.39 Å². The average Bonchev–Trinajstić information content (AvgIpc) is 2.80. The van der Waals surface area contributed by atoms with E-state index in [-0.39, 0.29) is 23.1 Å². The van der Waals surface area contributed by atoms with Crippen LogP contribution in [0.1, 0.15) is 87.6 Å². The van der Waals surface area contributed by atoms with E-state index in [0.717, 1.165) is 31.2 Å². The van der Waals surface area contributed by atoms with Crippen molar-refractivity contribution in [2.75, 3.05) is 0 Å². The second-order valence-corrected chi connectivity index (χ2v) is 8.34. The minimum Gasteiger partial charge on any atom is -0.423 e. The molecule has 1 aromatic heterocycles. The van der Waals surface area contributed by atoms with Crippen molar-refractivity contribution in [2.45, 2.75) is 77.0 Å². The second-order valence-electron chi connectivity index (χ2n) is 8.34. The van der Waals surface area contributed by atoms with Crippen LogP contribution < -0.4 is 4.74 Å². The van der Waals surface area contributed by atoms with E-state index in [1.54, 1.807) is 0 Å². The number of unbranched alkanes of at least 4 members (excludes halogenated alkanes) is 4. The molecule has 31 heavy (non-hydrogen) atoms. The van der Waals surface area contributed by atoms with Gasteiger partial charge in [0.25, 0.3) is 0 Å². The summed E-state index contributed by atoms with van der Waals surface area (Å²) in [5.74, 6) is -0.399. The van der Waals surface area contributed by atoms with Crippen LogP contribution in [0.2, 0.25) is 0 Å². The number of carbonyl (C=O) groups is 1. The SMILES string of the molecule is CCCCCCCc1cnc(C2CCC(C(=O)Oc3ccc(C#N)cc3F)CC2)nc1. The lowest BCUT2D eigenvalue weighted by atomic mass is 9.81. The number of nitriles is 1. The van der Waals surface area contributed by atoms with Crippen LogP contribution in [-0.4, -0.2) is 15.9 Å². The largest absolute Gasteiger partial charge is 0.423 e. The quantitative estimate of drug-likeness (QED) is 0.286. The molecule has 0 bridgehead atoms. The predicted octanol–water partition coefficient (Wildman–Crippen LogP) is 5.88. The van der Waals surface area contributed by atoms with Crippen molar-refractivity contribution >= 4 is 5.97 Å². The fourth-order valence-corrected chi connectivity index (χ4v) is 4.07. The first-order chi connectivity index (χ1) is 15.1. The highest BCUT2D eigenvalue weighted by Gasteiger charge is 2.30. The van der Waals surface area contributed by atoms with Crippen LogP contribution in [0.3, 0.4) is 0 Å². The summed E-state index contributed by atoms with van der Waals surface area (Å²) in [4.78, 5) is 21.6. The number of halogens is 1. The van der Waals surface area contributed by atoms with E-state index in [4.69, 9.17) is 10.00 Å². The van der Waals surface area contributed by atoms with Crippen molar-refractivity contribution in [2.24, 2.45) is 5.92 Å². The van der Waals surface area contributed by atoms with Crippen LogP contribution in [-0.2, 0) is 11.2 Å². The van der Waals surface area contributed by atoms with E-state index in [9.17, 15) is 9.18 Å². The number of aromatic nitrogens is 2. The van der Waals surface area contributed by atoms with Gasteiger partial charge in [-0.3, -0.25) is 4.79 Å². The van der Waals surface area contributed by atoms with Crippen LogP contribution in [0, 0.1) is 23.1 Å². The number of ether oxygens (including phenoxy) is 1.